The molecule has 2 heterocycles. The number of halogens is 3. The normalized spacial score (nSPS) is 11.8. The molecule has 0 spiro atoms. The Balaban J connectivity index is 1.59. The number of methoxy groups -OCH3 is 1. The molecule has 0 aliphatic rings. The van der Waals surface area contributed by atoms with E-state index in [1.54, 1.807) is 30.3 Å². The molecule has 1 N–H and O–H groups in total. The molecule has 0 saturated carbocycles. The summed E-state index contributed by atoms with van der Waals surface area (Å²) in [6, 6.07) is 13.2. The molecule has 9 heteroatoms. The van der Waals surface area contributed by atoms with Crippen molar-refractivity contribution < 1.29 is 22.7 Å². The number of benzene rings is 2. The van der Waals surface area contributed by atoms with Crippen LogP contribution < -0.4 is 5.32 Å². The van der Waals surface area contributed by atoms with Crippen molar-refractivity contribution in [3.05, 3.63) is 82.8 Å². The first-order valence-electron chi connectivity index (χ1n) is 9.84. The van der Waals surface area contributed by atoms with E-state index in [1.165, 1.54) is 23.5 Å². The van der Waals surface area contributed by atoms with Gasteiger partial charge in [0.05, 0.1) is 22.6 Å². The van der Waals surface area contributed by atoms with Crippen LogP contribution in [0.5, 0.6) is 0 Å². The maximum absolute atomic E-state index is 13.0. The van der Waals surface area contributed by atoms with Crippen LogP contribution in [0.4, 0.5) is 13.2 Å². The molecule has 4 aromatic rings. The lowest BCUT2D eigenvalue weighted by Crippen LogP contribution is -2.27. The lowest BCUT2D eigenvalue weighted by molar-refractivity contribution is -0.137. The predicted octanol–water partition coefficient (Wildman–Crippen LogP) is 5.07. The molecular formula is C23H20F3N3O2S. The number of nitrogens with zero attached hydrogens (tertiary/aromatic N) is 2. The van der Waals surface area contributed by atoms with Gasteiger partial charge in [-0.25, -0.2) is 4.98 Å². The van der Waals surface area contributed by atoms with E-state index in [0.717, 1.165) is 26.7 Å². The summed E-state index contributed by atoms with van der Waals surface area (Å²) >= 11 is 1.51. The van der Waals surface area contributed by atoms with Gasteiger partial charge in [0.15, 0.2) is 0 Å². The highest BCUT2D eigenvalue weighted by Crippen LogP contribution is 2.34. The maximum atomic E-state index is 13.0. The van der Waals surface area contributed by atoms with Crippen molar-refractivity contribution in [2.24, 2.45) is 0 Å². The molecule has 0 unspecified atom stereocenters. The van der Waals surface area contributed by atoms with Gasteiger partial charge in [0.2, 0.25) is 0 Å². The molecule has 0 fully saturated rings. The average Bonchev–Trinajstić information content (AvgIpc) is 3.40. The molecule has 0 aliphatic carbocycles. The van der Waals surface area contributed by atoms with Crippen molar-refractivity contribution in [1.82, 2.24) is 14.9 Å². The molecule has 1 amide bonds. The molecule has 0 aliphatic heterocycles. The number of hydrogen-bond donors (Lipinski definition) is 1. The zero-order valence-electron chi connectivity index (χ0n) is 17.1. The number of fused-ring (bicyclic) bond motifs is 1. The first kappa shape index (κ1) is 22.0. The smallest absolute Gasteiger partial charge is 0.383 e. The van der Waals surface area contributed by atoms with E-state index in [4.69, 9.17) is 4.74 Å². The monoisotopic (exact) mass is 459 g/mol. The van der Waals surface area contributed by atoms with Crippen LogP contribution in [-0.4, -0.2) is 35.7 Å². The fourth-order valence-electron chi connectivity index (χ4n) is 3.38. The fraction of sp³-hybridized carbons (Fsp3) is 0.217. The first-order chi connectivity index (χ1) is 15.3. The number of alkyl halides is 3. The molecule has 0 radical (unpaired) electrons. The number of ether oxygens (including phenoxy) is 1. The number of carbonyl (C=O) groups is 1. The lowest BCUT2D eigenvalue weighted by Gasteiger charge is -2.08. The zero-order chi connectivity index (χ0) is 22.7. The zero-order valence-corrected chi connectivity index (χ0v) is 18.0. The molecular weight excluding hydrogens is 439 g/mol. The van der Waals surface area contributed by atoms with E-state index >= 15 is 0 Å². The summed E-state index contributed by atoms with van der Waals surface area (Å²) in [6.45, 7) is 0.803. The molecule has 2 aromatic heterocycles. The molecule has 0 bridgehead atoms. The van der Waals surface area contributed by atoms with Crippen LogP contribution >= 0.6 is 11.3 Å². The Kier molecular flexibility index (Phi) is 6.29. The van der Waals surface area contributed by atoms with Gasteiger partial charge >= 0.3 is 6.18 Å². The molecule has 0 saturated heterocycles. The molecule has 32 heavy (non-hydrogen) atoms. The van der Waals surface area contributed by atoms with Gasteiger partial charge in [-0.05, 0) is 29.1 Å². The second-order valence-corrected chi connectivity index (χ2v) is 8.33. The number of aromatic nitrogens is 2. The molecule has 4 rings (SSSR count). The number of imidazole rings is 1. The highest BCUT2D eigenvalue weighted by atomic mass is 32.1. The SMILES string of the molecule is COCCNC(=O)c1cn(-c2cccc3cc(Cc4cccc(C(F)(F)F)c4)sc23)cn1. The third-order valence-electron chi connectivity index (χ3n) is 4.89. The van der Waals surface area contributed by atoms with Crippen molar-refractivity contribution in [1.29, 1.82) is 0 Å². The molecule has 166 valence electrons. The van der Waals surface area contributed by atoms with E-state index in [-0.39, 0.29) is 5.91 Å². The van der Waals surface area contributed by atoms with Crippen LogP contribution in [0.3, 0.4) is 0 Å². The number of carbonyl (C=O) groups excluding carboxylic acids is 1. The Bertz CT molecular complexity index is 1250. The van der Waals surface area contributed by atoms with Crippen LogP contribution in [0.15, 0.2) is 61.1 Å². The number of thiophene rings is 1. The van der Waals surface area contributed by atoms with Crippen LogP contribution in [0.25, 0.3) is 15.8 Å². The Morgan fingerprint density at radius 1 is 1.19 bits per heavy atom. The predicted molar refractivity (Wildman–Crippen MR) is 117 cm³/mol. The summed E-state index contributed by atoms with van der Waals surface area (Å²) in [4.78, 5) is 17.4. The number of amides is 1. The van der Waals surface area contributed by atoms with E-state index in [2.05, 4.69) is 10.3 Å². The Morgan fingerprint density at radius 2 is 2.00 bits per heavy atom. The van der Waals surface area contributed by atoms with Crippen LogP contribution in [0, 0.1) is 0 Å². The Hall–Kier alpha value is -3.17. The summed E-state index contributed by atoms with van der Waals surface area (Å²) in [5.41, 5.74) is 1.10. The Labute approximate surface area is 186 Å². The second-order valence-electron chi connectivity index (χ2n) is 7.20. The molecule has 5 nitrogen and oxygen atoms in total. The third-order valence-corrected chi connectivity index (χ3v) is 6.07. The quantitative estimate of drug-likeness (QED) is 0.393. The largest absolute Gasteiger partial charge is 0.416 e. The van der Waals surface area contributed by atoms with Gasteiger partial charge in [0, 0.05) is 31.1 Å². The fourth-order valence-corrected chi connectivity index (χ4v) is 4.59. The van der Waals surface area contributed by atoms with Gasteiger partial charge in [0.1, 0.15) is 12.0 Å². The number of nitrogens with one attached hydrogen (secondary N) is 1. The van der Waals surface area contributed by atoms with E-state index in [9.17, 15) is 18.0 Å². The standard InChI is InChI=1S/C23H20F3N3O2S/c1-31-9-8-27-22(30)19-13-29(14-28-19)20-7-3-5-16-12-18(32-21(16)20)11-15-4-2-6-17(10-15)23(24,25)26/h2-7,10,12-14H,8-9,11H2,1H3,(H,27,30). The minimum atomic E-state index is -4.36. The van der Waals surface area contributed by atoms with Crippen molar-refractivity contribution in [2.75, 3.05) is 20.3 Å². The van der Waals surface area contributed by atoms with Crippen LogP contribution in [0.2, 0.25) is 0 Å². The number of hydrogen-bond acceptors (Lipinski definition) is 4. The van der Waals surface area contributed by atoms with Gasteiger partial charge in [-0.2, -0.15) is 13.2 Å². The van der Waals surface area contributed by atoms with E-state index in [1.807, 2.05) is 24.3 Å². The molecule has 2 aromatic carbocycles. The first-order valence-corrected chi connectivity index (χ1v) is 10.7. The number of rotatable bonds is 7. The van der Waals surface area contributed by atoms with Crippen LogP contribution in [0.1, 0.15) is 26.5 Å². The average molecular weight is 459 g/mol. The minimum absolute atomic E-state index is 0.288. The van der Waals surface area contributed by atoms with Gasteiger partial charge in [-0.1, -0.05) is 30.3 Å². The third kappa shape index (κ3) is 4.84. The minimum Gasteiger partial charge on any atom is -0.383 e. The second kappa shape index (κ2) is 9.13. The highest BCUT2D eigenvalue weighted by Gasteiger charge is 2.30. The summed E-state index contributed by atoms with van der Waals surface area (Å²) < 4.78 is 46.7. The maximum Gasteiger partial charge on any atom is 0.416 e. The van der Waals surface area contributed by atoms with E-state index in [0.29, 0.717) is 30.8 Å². The lowest BCUT2D eigenvalue weighted by atomic mass is 10.1. The van der Waals surface area contributed by atoms with Crippen molar-refractivity contribution in [2.45, 2.75) is 12.6 Å². The Morgan fingerprint density at radius 3 is 2.78 bits per heavy atom. The summed E-state index contributed by atoms with van der Waals surface area (Å²) in [6.07, 6.45) is -0.729. The summed E-state index contributed by atoms with van der Waals surface area (Å²) in [5, 5.41) is 3.71. The van der Waals surface area contributed by atoms with Gasteiger partial charge in [0.25, 0.3) is 5.91 Å². The van der Waals surface area contributed by atoms with Crippen molar-refractivity contribution in [3.8, 4) is 5.69 Å². The van der Waals surface area contributed by atoms with Gasteiger partial charge < -0.3 is 14.6 Å². The topological polar surface area (TPSA) is 56.1 Å². The summed E-state index contributed by atoms with van der Waals surface area (Å²) in [5.74, 6) is -0.288. The van der Waals surface area contributed by atoms with Crippen LogP contribution in [-0.2, 0) is 17.3 Å². The van der Waals surface area contributed by atoms with Gasteiger partial charge in [-0.15, -0.1) is 11.3 Å². The van der Waals surface area contributed by atoms with Crippen molar-refractivity contribution >= 4 is 27.3 Å². The van der Waals surface area contributed by atoms with Crippen molar-refractivity contribution in [3.63, 3.8) is 0 Å². The highest BCUT2D eigenvalue weighted by molar-refractivity contribution is 7.19. The molecule has 0 atom stereocenters. The summed E-state index contributed by atoms with van der Waals surface area (Å²) in [7, 11) is 1.56. The van der Waals surface area contributed by atoms with Gasteiger partial charge in [-0.3, -0.25) is 4.79 Å². The van der Waals surface area contributed by atoms with E-state index < -0.39 is 11.7 Å².